The molecule has 3 aromatic rings. The van der Waals surface area contributed by atoms with Gasteiger partial charge in [-0.25, -0.2) is 8.78 Å². The second kappa shape index (κ2) is 7.62. The molecule has 0 aromatic heterocycles. The number of halogens is 2. The van der Waals surface area contributed by atoms with Gasteiger partial charge in [0, 0.05) is 12.4 Å². The fraction of sp³-hybridized carbons (Fsp3) is 0.0476. The van der Waals surface area contributed by atoms with Gasteiger partial charge in [-0.1, -0.05) is 24.3 Å². The molecule has 0 aliphatic rings. The summed E-state index contributed by atoms with van der Waals surface area (Å²) in [5.74, 6) is -0.534. The summed E-state index contributed by atoms with van der Waals surface area (Å²) < 4.78 is 25.8. The first-order chi connectivity index (χ1) is 12.1. The van der Waals surface area contributed by atoms with E-state index in [1.165, 1.54) is 24.3 Å². The van der Waals surface area contributed by atoms with Crippen LogP contribution in [0.25, 0.3) is 0 Å². The Kier molecular flexibility index (Phi) is 5.09. The van der Waals surface area contributed by atoms with Crippen LogP contribution in [0, 0.1) is 18.6 Å². The van der Waals surface area contributed by atoms with E-state index in [0.29, 0.717) is 0 Å². The van der Waals surface area contributed by atoms with Gasteiger partial charge in [0.15, 0.2) is 0 Å². The molecule has 0 unspecified atom stereocenters. The van der Waals surface area contributed by atoms with Crippen LogP contribution in [0.15, 0.2) is 76.7 Å². The van der Waals surface area contributed by atoms with Gasteiger partial charge >= 0.3 is 0 Å². The number of aryl methyl sites for hydroxylation is 1. The van der Waals surface area contributed by atoms with Crippen molar-refractivity contribution < 1.29 is 8.78 Å². The molecule has 0 spiro atoms. The second-order valence-electron chi connectivity index (χ2n) is 5.59. The van der Waals surface area contributed by atoms with Crippen LogP contribution in [-0.2, 0) is 0 Å². The number of nitrogens with zero attached hydrogens (tertiary/aromatic N) is 2. The standard InChI is InChI=1S/C21H16F2N2/c1-15-12-20(24-13-16-2-6-18(22)7-3-16)10-11-21(15)25-14-17-4-8-19(23)9-5-17/h2-14H,1H3. The van der Waals surface area contributed by atoms with Crippen LogP contribution in [0.2, 0.25) is 0 Å². The monoisotopic (exact) mass is 334 g/mol. The highest BCUT2D eigenvalue weighted by Gasteiger charge is 1.98. The van der Waals surface area contributed by atoms with E-state index in [0.717, 1.165) is 28.1 Å². The Hall–Kier alpha value is -3.14. The highest BCUT2D eigenvalue weighted by molar-refractivity contribution is 5.83. The maximum Gasteiger partial charge on any atom is 0.123 e. The lowest BCUT2D eigenvalue weighted by Gasteiger charge is -2.02. The van der Waals surface area contributed by atoms with Crippen molar-refractivity contribution in [2.45, 2.75) is 6.92 Å². The fourth-order valence-electron chi connectivity index (χ4n) is 2.26. The second-order valence-corrected chi connectivity index (χ2v) is 5.59. The summed E-state index contributed by atoms with van der Waals surface area (Å²) >= 11 is 0. The lowest BCUT2D eigenvalue weighted by molar-refractivity contribution is 0.627. The summed E-state index contributed by atoms with van der Waals surface area (Å²) in [5, 5.41) is 0. The third-order valence-electron chi connectivity index (χ3n) is 3.64. The third-order valence-corrected chi connectivity index (χ3v) is 3.64. The van der Waals surface area contributed by atoms with Gasteiger partial charge in [0.05, 0.1) is 11.4 Å². The third kappa shape index (κ3) is 4.67. The number of aliphatic imine (C=N–C) groups is 2. The Bertz CT molecular complexity index is 912. The zero-order valence-electron chi connectivity index (χ0n) is 13.7. The van der Waals surface area contributed by atoms with Crippen LogP contribution in [-0.4, -0.2) is 12.4 Å². The average Bonchev–Trinajstić information content (AvgIpc) is 2.62. The number of rotatable bonds is 4. The van der Waals surface area contributed by atoms with E-state index in [2.05, 4.69) is 9.98 Å². The van der Waals surface area contributed by atoms with Gasteiger partial charge in [0.2, 0.25) is 0 Å². The van der Waals surface area contributed by atoms with Gasteiger partial charge < -0.3 is 0 Å². The van der Waals surface area contributed by atoms with Gasteiger partial charge in [0.25, 0.3) is 0 Å². The van der Waals surface area contributed by atoms with Crippen molar-refractivity contribution in [2.24, 2.45) is 9.98 Å². The minimum absolute atomic E-state index is 0.267. The minimum atomic E-state index is -0.267. The van der Waals surface area contributed by atoms with Crippen LogP contribution in [0.4, 0.5) is 20.2 Å². The predicted octanol–water partition coefficient (Wildman–Crippen LogP) is 5.77. The van der Waals surface area contributed by atoms with Crippen molar-refractivity contribution in [1.82, 2.24) is 0 Å². The molecule has 0 saturated heterocycles. The first kappa shape index (κ1) is 16.7. The normalized spacial score (nSPS) is 11.5. The average molecular weight is 334 g/mol. The summed E-state index contributed by atoms with van der Waals surface area (Å²) in [6.07, 6.45) is 3.39. The first-order valence-corrected chi connectivity index (χ1v) is 7.80. The quantitative estimate of drug-likeness (QED) is 0.541. The number of hydrogen-bond acceptors (Lipinski definition) is 2. The Balaban J connectivity index is 1.74. The van der Waals surface area contributed by atoms with Crippen molar-refractivity contribution in [1.29, 1.82) is 0 Å². The van der Waals surface area contributed by atoms with Gasteiger partial charge in [-0.05, 0) is 66.1 Å². The van der Waals surface area contributed by atoms with E-state index >= 15 is 0 Å². The highest BCUT2D eigenvalue weighted by Crippen LogP contribution is 2.24. The smallest absolute Gasteiger partial charge is 0.123 e. The molecule has 2 nitrogen and oxygen atoms in total. The van der Waals surface area contributed by atoms with Gasteiger partial charge in [-0.15, -0.1) is 0 Å². The summed E-state index contributed by atoms with van der Waals surface area (Å²) in [6.45, 7) is 1.95. The summed E-state index contributed by atoms with van der Waals surface area (Å²) in [7, 11) is 0. The van der Waals surface area contributed by atoms with E-state index in [4.69, 9.17) is 0 Å². The Morgan fingerprint density at radius 3 is 1.72 bits per heavy atom. The minimum Gasteiger partial charge on any atom is -0.256 e. The summed E-state index contributed by atoms with van der Waals surface area (Å²) in [5.41, 5.74) is 4.26. The molecule has 3 rings (SSSR count). The molecule has 124 valence electrons. The van der Waals surface area contributed by atoms with Crippen molar-refractivity contribution in [2.75, 3.05) is 0 Å². The topological polar surface area (TPSA) is 24.7 Å². The SMILES string of the molecule is Cc1cc(N=Cc2ccc(F)cc2)ccc1N=Cc1ccc(F)cc1. The molecule has 0 fully saturated rings. The highest BCUT2D eigenvalue weighted by atomic mass is 19.1. The van der Waals surface area contributed by atoms with Gasteiger partial charge in [-0.3, -0.25) is 9.98 Å². The molecule has 0 saturated carbocycles. The maximum atomic E-state index is 12.9. The van der Waals surface area contributed by atoms with Crippen molar-refractivity contribution in [3.05, 3.63) is 95.1 Å². The van der Waals surface area contributed by atoms with Crippen LogP contribution < -0.4 is 0 Å². The van der Waals surface area contributed by atoms with E-state index in [1.54, 1.807) is 36.7 Å². The van der Waals surface area contributed by atoms with E-state index in [-0.39, 0.29) is 11.6 Å². The summed E-state index contributed by atoms with van der Waals surface area (Å²) in [6, 6.07) is 18.0. The number of benzene rings is 3. The van der Waals surface area contributed by atoms with E-state index in [1.807, 2.05) is 25.1 Å². The molecule has 0 aliphatic heterocycles. The molecule has 0 aliphatic carbocycles. The zero-order chi connectivity index (χ0) is 17.6. The zero-order valence-corrected chi connectivity index (χ0v) is 13.7. The molecule has 0 amide bonds. The molecular formula is C21H16F2N2. The lowest BCUT2D eigenvalue weighted by Crippen LogP contribution is -1.83. The Morgan fingerprint density at radius 2 is 1.20 bits per heavy atom. The fourth-order valence-corrected chi connectivity index (χ4v) is 2.26. The van der Waals surface area contributed by atoms with Crippen LogP contribution >= 0.6 is 0 Å². The molecule has 0 N–H and O–H groups in total. The molecule has 4 heteroatoms. The Morgan fingerprint density at radius 1 is 0.680 bits per heavy atom. The number of hydrogen-bond donors (Lipinski definition) is 0. The Labute approximate surface area is 145 Å². The van der Waals surface area contributed by atoms with E-state index < -0.39 is 0 Å². The largest absolute Gasteiger partial charge is 0.256 e. The van der Waals surface area contributed by atoms with Crippen molar-refractivity contribution in [3.8, 4) is 0 Å². The molecule has 0 heterocycles. The molecular weight excluding hydrogens is 318 g/mol. The molecule has 3 aromatic carbocycles. The molecule has 25 heavy (non-hydrogen) atoms. The lowest BCUT2D eigenvalue weighted by atomic mass is 10.1. The van der Waals surface area contributed by atoms with Gasteiger partial charge in [0.1, 0.15) is 11.6 Å². The van der Waals surface area contributed by atoms with Crippen molar-refractivity contribution >= 4 is 23.8 Å². The summed E-state index contributed by atoms with van der Waals surface area (Å²) in [4.78, 5) is 8.83. The van der Waals surface area contributed by atoms with Crippen LogP contribution in [0.1, 0.15) is 16.7 Å². The maximum absolute atomic E-state index is 12.9. The van der Waals surface area contributed by atoms with Crippen molar-refractivity contribution in [3.63, 3.8) is 0 Å². The van der Waals surface area contributed by atoms with Crippen LogP contribution in [0.5, 0.6) is 0 Å². The predicted molar refractivity (Wildman–Crippen MR) is 98.5 cm³/mol. The molecule has 0 bridgehead atoms. The van der Waals surface area contributed by atoms with Crippen LogP contribution in [0.3, 0.4) is 0 Å². The van der Waals surface area contributed by atoms with E-state index in [9.17, 15) is 8.78 Å². The molecule has 0 radical (unpaired) electrons. The molecule has 0 atom stereocenters. The first-order valence-electron chi connectivity index (χ1n) is 7.80. The van der Waals surface area contributed by atoms with Gasteiger partial charge in [-0.2, -0.15) is 0 Å².